The van der Waals surface area contributed by atoms with E-state index in [-0.39, 0.29) is 95.0 Å². The van der Waals surface area contributed by atoms with E-state index in [4.69, 9.17) is 0 Å². The Hall–Kier alpha value is 1.53. The van der Waals surface area contributed by atoms with Gasteiger partial charge in [-0.15, -0.1) is 0 Å². The van der Waals surface area contributed by atoms with Crippen LogP contribution >= 0.6 is 0 Å². The van der Waals surface area contributed by atoms with Gasteiger partial charge >= 0.3 is 46.9 Å². The van der Waals surface area contributed by atoms with Crippen LogP contribution < -0.4 is 12.4 Å². The van der Waals surface area contributed by atoms with Gasteiger partial charge in [0, 0.05) is 0 Å². The van der Waals surface area contributed by atoms with Crippen LogP contribution in [-0.2, 0) is 0 Å². The van der Waals surface area contributed by atoms with E-state index in [0.717, 1.165) is 0 Å². The zero-order valence-corrected chi connectivity index (χ0v) is 8.32. The van der Waals surface area contributed by atoms with Crippen LogP contribution in [0.25, 0.3) is 0 Å². The summed E-state index contributed by atoms with van der Waals surface area (Å²) in [6.07, 6.45) is 0. The topological polar surface area (TPSA) is 189 Å². The first-order chi connectivity index (χ1) is 0. The summed E-state index contributed by atoms with van der Waals surface area (Å²) in [6, 6.07) is 0. The number of rotatable bonds is 0. The maximum atomic E-state index is 0. The molecule has 0 aliphatic rings. The second-order valence-electron chi connectivity index (χ2n) is 0. The van der Waals surface area contributed by atoms with Crippen molar-refractivity contribution in [2.75, 3.05) is 0 Å². The van der Waals surface area contributed by atoms with Crippen molar-refractivity contribution in [2.24, 2.45) is 0 Å². The molecule has 0 saturated heterocycles. The van der Waals surface area contributed by atoms with E-state index >= 15 is 0 Å². The minimum Gasteiger partial charge on any atom is -1.00 e. The van der Waals surface area contributed by atoms with Crippen LogP contribution in [0.15, 0.2) is 0 Å². The van der Waals surface area contributed by atoms with Crippen molar-refractivity contribution in [1.29, 1.82) is 0 Å². The van der Waals surface area contributed by atoms with Crippen molar-refractivity contribution < 1.29 is 49.5 Å². The molecule has 0 radical (unpaired) electrons. The molecule has 6 nitrogen and oxygen atoms in total. The molecule has 60 valence electrons. The Bertz CT molecular complexity index is 17.8. The predicted octanol–water partition coefficient (Wildman–Crippen LogP) is -7.99. The van der Waals surface area contributed by atoms with Crippen LogP contribution in [0.3, 0.4) is 0 Å². The molecular formula is H15ClO6Sr. The Morgan fingerprint density at radius 1 is 0.625 bits per heavy atom. The molecule has 8 heavy (non-hydrogen) atoms. The Morgan fingerprint density at radius 2 is 0.625 bits per heavy atom. The molecule has 0 amide bonds. The number of halogens is 1. The summed E-state index contributed by atoms with van der Waals surface area (Å²) in [5.74, 6) is 0. The third-order valence-electron chi connectivity index (χ3n) is 0. The van der Waals surface area contributed by atoms with Crippen LogP contribution in [0.5, 0.6) is 0 Å². The zero-order chi connectivity index (χ0) is 0. The van der Waals surface area contributed by atoms with Gasteiger partial charge in [0.15, 0.2) is 0 Å². The van der Waals surface area contributed by atoms with Crippen LogP contribution in [0.4, 0.5) is 0 Å². The molecule has 0 aromatic rings. The second kappa shape index (κ2) is 207. The van der Waals surface area contributed by atoms with Crippen molar-refractivity contribution >= 4 is 45.5 Å². The van der Waals surface area contributed by atoms with Gasteiger partial charge in [-0.05, 0) is 0 Å². The Kier molecular flexibility index (Phi) is 7640. The maximum Gasteiger partial charge on any atom is 2.00 e. The fourth-order valence-corrected chi connectivity index (χ4v) is 0. The fraction of sp³-hybridized carbons (Fsp3) is 0. The maximum absolute atomic E-state index is 0. The van der Waals surface area contributed by atoms with Gasteiger partial charge in [-0.1, -0.05) is 0 Å². The Labute approximate surface area is 94.2 Å². The van der Waals surface area contributed by atoms with Gasteiger partial charge in [-0.25, -0.2) is 0 Å². The van der Waals surface area contributed by atoms with Crippen LogP contribution in [0.2, 0.25) is 0 Å². The van der Waals surface area contributed by atoms with E-state index in [9.17, 15) is 0 Å². The van der Waals surface area contributed by atoms with E-state index in [1.54, 1.807) is 0 Å². The van der Waals surface area contributed by atoms with Gasteiger partial charge in [-0.3, -0.25) is 0 Å². The summed E-state index contributed by atoms with van der Waals surface area (Å²) in [5, 5.41) is 0. The van der Waals surface area contributed by atoms with Crippen LogP contribution in [-0.4, -0.2) is 78.3 Å². The third-order valence-corrected chi connectivity index (χ3v) is 0. The molecule has 0 heterocycles. The normalized spacial score (nSPS) is 0. The molecule has 0 rings (SSSR count). The van der Waals surface area contributed by atoms with Gasteiger partial charge in [0.05, 0.1) is 0 Å². The molecule has 0 spiro atoms. The minimum absolute atomic E-state index is 0. The summed E-state index contributed by atoms with van der Waals surface area (Å²) in [7, 11) is 0. The first-order valence-electron chi connectivity index (χ1n) is 0. The summed E-state index contributed by atoms with van der Waals surface area (Å²) >= 11 is 0. The van der Waals surface area contributed by atoms with Crippen molar-refractivity contribution in [3.63, 3.8) is 0 Å². The average molecular weight is 234 g/mol. The van der Waals surface area contributed by atoms with Crippen molar-refractivity contribution in [2.45, 2.75) is 0 Å². The smallest absolute Gasteiger partial charge is 1.00 e. The standard InChI is InChI=1S/ClH.6H2O.Sr.2H/h1H;6*1H2;;;/q;;;;;;;+2;2*-1. The molecular weight excluding hydrogens is 219 g/mol. The Balaban J connectivity index is 0. The molecule has 0 bridgehead atoms. The van der Waals surface area contributed by atoms with Gasteiger partial charge in [-0.2, -0.15) is 0 Å². The first kappa shape index (κ1) is 296. The summed E-state index contributed by atoms with van der Waals surface area (Å²) in [4.78, 5) is 0. The van der Waals surface area contributed by atoms with Gasteiger partial charge in [0.1, 0.15) is 0 Å². The monoisotopic (exact) mass is 234 g/mol. The van der Waals surface area contributed by atoms with Gasteiger partial charge in [0.25, 0.3) is 0 Å². The summed E-state index contributed by atoms with van der Waals surface area (Å²) in [5.41, 5.74) is 0. The number of hydrogen-bond acceptors (Lipinski definition) is 0. The molecule has 8 heteroatoms. The molecule has 0 fully saturated rings. The summed E-state index contributed by atoms with van der Waals surface area (Å²) in [6.45, 7) is 0. The number of hydrogen-bond donors (Lipinski definition) is 0. The van der Waals surface area contributed by atoms with E-state index in [2.05, 4.69) is 0 Å². The molecule has 0 aliphatic carbocycles. The zero-order valence-electron chi connectivity index (χ0n) is 7.09. The largest absolute Gasteiger partial charge is 2.00 e. The third kappa shape index (κ3) is 137. The van der Waals surface area contributed by atoms with Crippen molar-refractivity contribution in [3.8, 4) is 0 Å². The quantitative estimate of drug-likeness (QED) is 0.360. The molecule has 12 N–H and O–H groups in total. The summed E-state index contributed by atoms with van der Waals surface area (Å²) < 4.78 is 0. The van der Waals surface area contributed by atoms with Gasteiger partial charge in [0.2, 0.25) is 0 Å². The second-order valence-corrected chi connectivity index (χ2v) is 0. The SMILES string of the molecule is O.O.O.O.O.O.[Cl-].[H+].[H-].[H-].[Sr+2]. The van der Waals surface area contributed by atoms with Crippen LogP contribution in [0.1, 0.15) is 4.28 Å². The predicted molar refractivity (Wildman–Crippen MR) is 30.8 cm³/mol. The fourth-order valence-electron chi connectivity index (χ4n) is 0. The van der Waals surface area contributed by atoms with Gasteiger partial charge < -0.3 is 48.1 Å². The molecule has 0 unspecified atom stereocenters. The van der Waals surface area contributed by atoms with E-state index in [0.29, 0.717) is 0 Å². The van der Waals surface area contributed by atoms with Crippen LogP contribution in [0, 0.1) is 0 Å². The van der Waals surface area contributed by atoms with E-state index < -0.39 is 0 Å². The van der Waals surface area contributed by atoms with Crippen molar-refractivity contribution in [1.82, 2.24) is 0 Å². The van der Waals surface area contributed by atoms with E-state index in [1.807, 2.05) is 0 Å². The molecule has 0 aromatic carbocycles. The molecule has 0 aromatic heterocycles. The Morgan fingerprint density at radius 3 is 0.625 bits per heavy atom. The molecule has 0 saturated carbocycles. The molecule has 0 aliphatic heterocycles. The average Bonchev–Trinajstić information content (AvgIpc) is 0. The molecule has 0 atom stereocenters. The minimum atomic E-state index is 0. The van der Waals surface area contributed by atoms with E-state index in [1.165, 1.54) is 0 Å². The van der Waals surface area contributed by atoms with Crippen molar-refractivity contribution in [3.05, 3.63) is 0 Å². The first-order valence-corrected chi connectivity index (χ1v) is 0.